The normalized spacial score (nSPS) is 27.9. The van der Waals surface area contributed by atoms with Crippen molar-refractivity contribution in [3.05, 3.63) is 9.34 Å². The molecule has 0 saturated carbocycles. The molecule has 1 rings (SSSR count). The number of allylic oxidation sites excluding steroid dienone is 2. The first-order valence-corrected chi connectivity index (χ1v) is 6.24. The molecule has 0 bridgehead atoms. The van der Waals surface area contributed by atoms with E-state index in [-0.39, 0.29) is 5.92 Å². The Morgan fingerprint density at radius 1 is 1.64 bits per heavy atom. The van der Waals surface area contributed by atoms with E-state index in [4.69, 9.17) is 0 Å². The molecular formula is C11H17IO2. The second-order valence-corrected chi connectivity index (χ2v) is 5.21. The number of aliphatic hydroxyl groups excluding tert-OH is 1. The molecule has 0 aliphatic heterocycles. The lowest BCUT2D eigenvalue weighted by Gasteiger charge is -2.25. The molecule has 0 saturated heterocycles. The van der Waals surface area contributed by atoms with Gasteiger partial charge in [-0.25, -0.2) is 0 Å². The topological polar surface area (TPSA) is 37.3 Å². The Morgan fingerprint density at radius 2 is 2.29 bits per heavy atom. The predicted octanol–water partition coefficient (Wildman–Crippen LogP) is 3.61. The minimum Gasteiger partial charge on any atom is -0.512 e. The van der Waals surface area contributed by atoms with Gasteiger partial charge in [0.05, 0.1) is 0 Å². The van der Waals surface area contributed by atoms with E-state index in [1.165, 1.54) is 0 Å². The van der Waals surface area contributed by atoms with Gasteiger partial charge in [-0.1, -0.05) is 13.8 Å². The number of carbonyl (C=O) groups is 1. The highest BCUT2D eigenvalue weighted by Gasteiger charge is 2.28. The van der Waals surface area contributed by atoms with Gasteiger partial charge in [0.1, 0.15) is 11.5 Å². The number of hydrogen-bond donors (Lipinski definition) is 1. The molecule has 0 spiro atoms. The minimum absolute atomic E-state index is 0.0588. The first kappa shape index (κ1) is 12.0. The van der Waals surface area contributed by atoms with E-state index >= 15 is 0 Å². The molecule has 1 aliphatic carbocycles. The predicted molar refractivity (Wildman–Crippen MR) is 65.5 cm³/mol. The highest BCUT2D eigenvalue weighted by atomic mass is 127. The van der Waals surface area contributed by atoms with Crippen molar-refractivity contribution in [2.75, 3.05) is 0 Å². The molecule has 80 valence electrons. The summed E-state index contributed by atoms with van der Waals surface area (Å²) in [5, 5.41) is 9.66. The number of hydrogen-bond acceptors (Lipinski definition) is 2. The van der Waals surface area contributed by atoms with E-state index in [9.17, 15) is 9.90 Å². The van der Waals surface area contributed by atoms with Gasteiger partial charge in [-0.05, 0) is 41.4 Å². The average molecular weight is 308 g/mol. The molecule has 1 N–H and O–H groups in total. The van der Waals surface area contributed by atoms with Crippen LogP contribution in [-0.2, 0) is 4.79 Å². The Kier molecular flexibility index (Phi) is 4.41. The van der Waals surface area contributed by atoms with Crippen LogP contribution in [0.25, 0.3) is 0 Å². The van der Waals surface area contributed by atoms with Crippen molar-refractivity contribution in [3.63, 3.8) is 0 Å². The van der Waals surface area contributed by atoms with E-state index < -0.39 is 0 Å². The second-order valence-electron chi connectivity index (χ2n) is 4.05. The Balaban J connectivity index is 2.66. The molecule has 2 atom stereocenters. The van der Waals surface area contributed by atoms with Crippen molar-refractivity contribution in [2.24, 2.45) is 11.8 Å². The van der Waals surface area contributed by atoms with Crippen molar-refractivity contribution in [1.82, 2.24) is 0 Å². The van der Waals surface area contributed by atoms with E-state index in [2.05, 4.69) is 29.5 Å². The molecule has 0 heterocycles. The molecule has 0 aromatic carbocycles. The Morgan fingerprint density at radius 3 is 2.79 bits per heavy atom. The van der Waals surface area contributed by atoms with E-state index in [0.29, 0.717) is 30.3 Å². The van der Waals surface area contributed by atoms with Gasteiger partial charge in [0.15, 0.2) is 0 Å². The van der Waals surface area contributed by atoms with Crippen LogP contribution < -0.4 is 0 Å². The smallest absolute Gasteiger partial charge is 0.136 e. The molecule has 3 heteroatoms. The van der Waals surface area contributed by atoms with Crippen LogP contribution in [0.5, 0.6) is 0 Å². The molecule has 0 aromatic rings. The lowest BCUT2D eigenvalue weighted by Crippen LogP contribution is -2.22. The van der Waals surface area contributed by atoms with Crippen LogP contribution in [0, 0.1) is 11.8 Å². The molecule has 0 radical (unpaired) electrons. The molecule has 14 heavy (non-hydrogen) atoms. The third kappa shape index (κ3) is 2.72. The summed E-state index contributed by atoms with van der Waals surface area (Å²) in [6.07, 6.45) is 3.02. The summed E-state index contributed by atoms with van der Waals surface area (Å²) in [4.78, 5) is 11.7. The van der Waals surface area contributed by atoms with Crippen molar-refractivity contribution >= 4 is 28.4 Å². The van der Waals surface area contributed by atoms with Crippen LogP contribution in [0.4, 0.5) is 0 Å². The highest BCUT2D eigenvalue weighted by molar-refractivity contribution is 14.1. The Hall–Kier alpha value is -0.0600. The zero-order valence-corrected chi connectivity index (χ0v) is 10.9. The maximum absolute atomic E-state index is 11.7. The van der Waals surface area contributed by atoms with E-state index in [0.717, 1.165) is 16.4 Å². The van der Waals surface area contributed by atoms with Crippen LogP contribution in [-0.4, -0.2) is 10.9 Å². The summed E-state index contributed by atoms with van der Waals surface area (Å²) in [5.41, 5.74) is 0. The largest absolute Gasteiger partial charge is 0.512 e. The van der Waals surface area contributed by atoms with Gasteiger partial charge in [-0.2, -0.15) is 0 Å². The first-order chi connectivity index (χ1) is 6.56. The van der Waals surface area contributed by atoms with Gasteiger partial charge in [0.2, 0.25) is 0 Å². The van der Waals surface area contributed by atoms with Crippen LogP contribution >= 0.6 is 22.6 Å². The average Bonchev–Trinajstić information content (AvgIpc) is 2.13. The molecule has 2 nitrogen and oxygen atoms in total. The summed E-state index contributed by atoms with van der Waals surface area (Å²) >= 11 is 2.18. The maximum Gasteiger partial charge on any atom is 0.136 e. The summed E-state index contributed by atoms with van der Waals surface area (Å²) in [5.74, 6) is 1.15. The van der Waals surface area contributed by atoms with Crippen molar-refractivity contribution in [1.29, 1.82) is 0 Å². The minimum atomic E-state index is 0.0588. The quantitative estimate of drug-likeness (QED) is 0.809. The number of halogens is 1. The fraction of sp³-hybridized carbons (Fsp3) is 0.727. The SMILES string of the molecule is CCCC(=O)[C@H]1CC(O)=C(I)[C@@H](C)C1. The third-order valence-corrected chi connectivity index (χ3v) is 4.42. The molecule has 0 amide bonds. The summed E-state index contributed by atoms with van der Waals surface area (Å²) < 4.78 is 1.03. The van der Waals surface area contributed by atoms with Crippen LogP contribution in [0.15, 0.2) is 9.34 Å². The van der Waals surface area contributed by atoms with Crippen LogP contribution in [0.3, 0.4) is 0 Å². The van der Waals surface area contributed by atoms with Gasteiger partial charge in [0.25, 0.3) is 0 Å². The van der Waals surface area contributed by atoms with E-state index in [1.54, 1.807) is 0 Å². The van der Waals surface area contributed by atoms with Gasteiger partial charge in [-0.15, -0.1) is 0 Å². The number of carbonyl (C=O) groups excluding carboxylic acids is 1. The molecule has 0 fully saturated rings. The Labute approximate surface area is 98.9 Å². The zero-order valence-electron chi connectivity index (χ0n) is 8.72. The van der Waals surface area contributed by atoms with Crippen LogP contribution in [0.2, 0.25) is 0 Å². The zero-order chi connectivity index (χ0) is 10.7. The molecular weight excluding hydrogens is 291 g/mol. The Bertz CT molecular complexity index is 258. The monoisotopic (exact) mass is 308 g/mol. The summed E-state index contributed by atoms with van der Waals surface area (Å²) in [6, 6.07) is 0. The molecule has 0 unspecified atom stereocenters. The van der Waals surface area contributed by atoms with Gasteiger partial charge in [0, 0.05) is 22.3 Å². The number of ketones is 1. The van der Waals surface area contributed by atoms with Gasteiger partial charge >= 0.3 is 0 Å². The lowest BCUT2D eigenvalue weighted by atomic mass is 9.83. The highest BCUT2D eigenvalue weighted by Crippen LogP contribution is 2.37. The van der Waals surface area contributed by atoms with Crippen molar-refractivity contribution in [3.8, 4) is 0 Å². The molecule has 1 aliphatic rings. The van der Waals surface area contributed by atoms with Gasteiger partial charge < -0.3 is 5.11 Å². The number of aliphatic hydroxyl groups is 1. The summed E-state index contributed by atoms with van der Waals surface area (Å²) in [7, 11) is 0. The third-order valence-electron chi connectivity index (χ3n) is 2.74. The summed E-state index contributed by atoms with van der Waals surface area (Å²) in [6.45, 7) is 4.09. The fourth-order valence-electron chi connectivity index (χ4n) is 1.92. The van der Waals surface area contributed by atoms with Crippen LogP contribution in [0.1, 0.15) is 39.5 Å². The lowest BCUT2D eigenvalue weighted by molar-refractivity contribution is -0.123. The maximum atomic E-state index is 11.7. The number of Topliss-reactive ketones (excluding diaryl/α,β-unsaturated/α-hetero) is 1. The van der Waals surface area contributed by atoms with Gasteiger partial charge in [-0.3, -0.25) is 4.79 Å². The van der Waals surface area contributed by atoms with E-state index in [1.807, 2.05) is 6.92 Å². The first-order valence-electron chi connectivity index (χ1n) is 5.16. The van der Waals surface area contributed by atoms with Crippen molar-refractivity contribution < 1.29 is 9.90 Å². The second kappa shape index (κ2) is 5.14. The standard InChI is InChI=1S/C11H17IO2/c1-3-4-9(13)8-5-7(2)11(12)10(14)6-8/h7-8,14H,3-6H2,1-2H3/t7-,8+/m0/s1. The van der Waals surface area contributed by atoms with Crippen molar-refractivity contribution in [2.45, 2.75) is 39.5 Å². The number of rotatable bonds is 3. The fourth-order valence-corrected chi connectivity index (χ4v) is 2.40. The molecule has 0 aromatic heterocycles.